The topological polar surface area (TPSA) is 0 Å². The van der Waals surface area contributed by atoms with E-state index >= 15 is 0 Å². The third-order valence-corrected chi connectivity index (χ3v) is 14.6. The van der Waals surface area contributed by atoms with E-state index in [0.717, 1.165) is 0 Å². The van der Waals surface area contributed by atoms with Crippen LogP contribution in [0.2, 0.25) is 0 Å². The molecular weight excluding hydrogens is 1040 g/mol. The van der Waals surface area contributed by atoms with Gasteiger partial charge in [-0.2, -0.15) is 0 Å². The molecular formula is C36H21As3Cl3Zr3. The number of hydrogen-bond acceptors (Lipinski definition) is 0. The molecule has 6 aromatic carbocycles. The Bertz CT molecular complexity index is 1490. The van der Waals surface area contributed by atoms with Gasteiger partial charge in [0, 0.05) is 0 Å². The number of fused-ring (bicyclic) bond motifs is 9. The van der Waals surface area contributed by atoms with Gasteiger partial charge in [0.25, 0.3) is 0 Å². The van der Waals surface area contributed by atoms with Crippen molar-refractivity contribution in [1.29, 1.82) is 0 Å². The van der Waals surface area contributed by atoms with Crippen LogP contribution in [0.5, 0.6) is 0 Å². The van der Waals surface area contributed by atoms with Crippen molar-refractivity contribution in [3.63, 3.8) is 0 Å². The average molecular weight is 1060 g/mol. The van der Waals surface area contributed by atoms with Gasteiger partial charge in [-0.05, 0) is 0 Å². The molecule has 3 radical (unpaired) electrons. The van der Waals surface area contributed by atoms with Crippen LogP contribution in [0.25, 0.3) is 33.4 Å². The van der Waals surface area contributed by atoms with E-state index in [9.17, 15) is 0 Å². The Kier molecular flexibility index (Phi) is 20.2. The summed E-state index contributed by atoms with van der Waals surface area (Å²) in [6.07, 6.45) is 0. The van der Waals surface area contributed by atoms with E-state index in [1.165, 1.54) is 59.5 Å². The van der Waals surface area contributed by atoms with Gasteiger partial charge in [0.2, 0.25) is 0 Å². The minimum atomic E-state index is 0. The Morgan fingerprint density at radius 3 is 0.844 bits per heavy atom. The van der Waals surface area contributed by atoms with Crippen molar-refractivity contribution in [2.45, 2.75) is 0 Å². The predicted molar refractivity (Wildman–Crippen MR) is 167 cm³/mol. The first-order valence-corrected chi connectivity index (χ1v) is 18.4. The molecule has 0 spiro atoms. The molecule has 0 aliphatic carbocycles. The predicted octanol–water partition coefficient (Wildman–Crippen LogP) is -5.63. The molecule has 6 aromatic rings. The number of halogens is 3. The average Bonchev–Trinajstić information content (AvgIpc) is 3.69. The van der Waals surface area contributed by atoms with Crippen LogP contribution >= 0.6 is 0 Å². The molecule has 3 aliphatic heterocycles. The quantitative estimate of drug-likeness (QED) is 0.105. The zero-order valence-electron chi connectivity index (χ0n) is 23.6. The molecule has 0 amide bonds. The van der Waals surface area contributed by atoms with Crippen molar-refractivity contribution in [2.75, 3.05) is 0 Å². The molecule has 0 N–H and O–H groups in total. The normalized spacial score (nSPS) is 12.3. The molecule has 0 nitrogen and oxygen atoms in total. The Morgan fingerprint density at radius 2 is 0.556 bits per heavy atom. The van der Waals surface area contributed by atoms with E-state index in [2.05, 4.69) is 127 Å². The summed E-state index contributed by atoms with van der Waals surface area (Å²) >= 11 is 0.658. The molecule has 0 bridgehead atoms. The summed E-state index contributed by atoms with van der Waals surface area (Å²) in [5, 5.41) is 0. The van der Waals surface area contributed by atoms with Gasteiger partial charge in [-0.15, -0.1) is 0 Å². The number of hydrogen-bond donors (Lipinski definition) is 0. The molecule has 0 saturated carbocycles. The summed E-state index contributed by atoms with van der Waals surface area (Å²) in [7, 11) is 0. The zero-order chi connectivity index (χ0) is 26.0. The first-order chi connectivity index (χ1) is 19.3. The Labute approximate surface area is 362 Å². The molecule has 213 valence electrons. The third-order valence-electron chi connectivity index (χ3n) is 6.75. The van der Waals surface area contributed by atoms with Gasteiger partial charge in [0.15, 0.2) is 0 Å². The Balaban J connectivity index is 0.000000316. The maximum absolute atomic E-state index is 3.33. The van der Waals surface area contributed by atoms with Crippen molar-refractivity contribution in [3.8, 4) is 33.4 Å². The van der Waals surface area contributed by atoms with Gasteiger partial charge >= 0.3 is 331 Å². The van der Waals surface area contributed by atoms with Crippen molar-refractivity contribution >= 4 is 73.4 Å². The third kappa shape index (κ3) is 9.82. The van der Waals surface area contributed by atoms with Crippen LogP contribution < -0.4 is 63.3 Å². The summed E-state index contributed by atoms with van der Waals surface area (Å²) in [5.74, 6) is 0. The summed E-state index contributed by atoms with van der Waals surface area (Å²) in [6, 6.07) is 54.9. The van der Waals surface area contributed by atoms with Crippen LogP contribution in [0.15, 0.2) is 127 Å². The fourth-order valence-electron chi connectivity index (χ4n) is 4.95. The van der Waals surface area contributed by atoms with Crippen molar-refractivity contribution in [1.82, 2.24) is 0 Å². The fraction of sp³-hybridized carbons (Fsp3) is 0. The summed E-state index contributed by atoms with van der Waals surface area (Å²) < 4.78 is 9.07. The van der Waals surface area contributed by atoms with Gasteiger partial charge in [0.05, 0.1) is 0 Å². The molecule has 3 aliphatic rings. The maximum atomic E-state index is 3.33. The van der Waals surface area contributed by atoms with Gasteiger partial charge in [-0.3, -0.25) is 0 Å². The molecule has 3 heterocycles. The van der Waals surface area contributed by atoms with Crippen LogP contribution in [-0.2, 0) is 78.6 Å². The monoisotopic (exact) mass is 1050 g/mol. The van der Waals surface area contributed by atoms with Crippen molar-refractivity contribution in [3.05, 3.63) is 146 Å². The second kappa shape index (κ2) is 20.9. The van der Waals surface area contributed by atoms with Crippen LogP contribution in [0.1, 0.15) is 0 Å². The van der Waals surface area contributed by atoms with Gasteiger partial charge in [-0.25, -0.2) is 0 Å². The molecule has 0 fully saturated rings. The van der Waals surface area contributed by atoms with E-state index in [4.69, 9.17) is 0 Å². The van der Waals surface area contributed by atoms with E-state index in [-0.39, 0.29) is 163 Å². The fourth-order valence-corrected chi connectivity index (χ4v) is 12.4. The second-order valence-corrected chi connectivity index (χ2v) is 16.7. The first kappa shape index (κ1) is 43.5. The van der Waals surface area contributed by atoms with Gasteiger partial charge in [-0.1, -0.05) is 0 Å². The summed E-state index contributed by atoms with van der Waals surface area (Å²) in [4.78, 5) is 0. The van der Waals surface area contributed by atoms with E-state index < -0.39 is 0 Å². The van der Waals surface area contributed by atoms with Gasteiger partial charge < -0.3 is 37.2 Å². The van der Waals surface area contributed by atoms with E-state index in [1.807, 2.05) is 18.2 Å². The Morgan fingerprint density at radius 1 is 0.311 bits per heavy atom. The summed E-state index contributed by atoms with van der Waals surface area (Å²) in [6.45, 7) is 0. The number of benzene rings is 6. The molecule has 0 atom stereocenters. The SMILES string of the molecule is [Cl-].[Cl-].[Cl-].[Zr+2].[Zr+2].[Zr+2].[c-]1cccc2c1-c1ccccc1[As]2.[c-]1cccc2c1-c1ccccc1[As]2.[c-]1cccc2c1-c1ccccc1[As]2. The first-order valence-electron chi connectivity index (χ1n) is 12.8. The van der Waals surface area contributed by atoms with E-state index in [0.29, 0.717) is 0 Å². The molecule has 0 saturated heterocycles. The van der Waals surface area contributed by atoms with Crippen molar-refractivity contribution < 1.29 is 116 Å². The van der Waals surface area contributed by atoms with E-state index in [1.54, 1.807) is 0 Å². The standard InChI is InChI=1S/3C12H7As.3ClH.3Zr/c3*1-3-7-11-9(5-1)10-6-2-4-8-12(10)13-11;;;;;;/h3*1-5,7-8H;3*1H;;;/q3*-1;;;;3*+2/p-3. The summed E-state index contributed by atoms with van der Waals surface area (Å²) in [5.41, 5.74) is 8.20. The molecule has 9 rings (SSSR count). The molecule has 0 unspecified atom stereocenters. The van der Waals surface area contributed by atoms with Crippen LogP contribution in [0.4, 0.5) is 0 Å². The number of rotatable bonds is 0. The minimum absolute atomic E-state index is 0. The van der Waals surface area contributed by atoms with Crippen LogP contribution in [0, 0.1) is 18.2 Å². The zero-order valence-corrected chi connectivity index (χ0v) is 38.9. The molecule has 9 heteroatoms. The Hall–Kier alpha value is 0.515. The van der Waals surface area contributed by atoms with Crippen LogP contribution in [-0.4, -0.2) is 47.3 Å². The molecule has 45 heavy (non-hydrogen) atoms. The van der Waals surface area contributed by atoms with Gasteiger partial charge in [0.1, 0.15) is 0 Å². The molecule has 0 aromatic heterocycles. The van der Waals surface area contributed by atoms with Crippen LogP contribution in [0.3, 0.4) is 0 Å². The van der Waals surface area contributed by atoms with Crippen molar-refractivity contribution in [2.24, 2.45) is 0 Å². The second-order valence-electron chi connectivity index (χ2n) is 9.18.